The first-order valence-corrected chi connectivity index (χ1v) is 7.50. The highest BCUT2D eigenvalue weighted by molar-refractivity contribution is 5.95. The Morgan fingerprint density at radius 2 is 1.86 bits per heavy atom. The molecule has 1 saturated carbocycles. The molecular formula is C18H19NO3. The highest BCUT2D eigenvalue weighted by Crippen LogP contribution is 2.48. The molecule has 0 radical (unpaired) electrons. The molecule has 1 aliphatic rings. The zero-order valence-electron chi connectivity index (χ0n) is 12.5. The lowest BCUT2D eigenvalue weighted by Crippen LogP contribution is -2.14. The van der Waals surface area contributed by atoms with Crippen LogP contribution in [0.4, 0.5) is 5.69 Å². The third kappa shape index (κ3) is 3.22. The quantitative estimate of drug-likeness (QED) is 0.887. The Balaban J connectivity index is 1.58. The molecule has 114 valence electrons. The molecule has 22 heavy (non-hydrogen) atoms. The van der Waals surface area contributed by atoms with Crippen molar-refractivity contribution in [2.24, 2.45) is 5.92 Å². The number of hydrogen-bond acceptors (Lipinski definition) is 3. The Morgan fingerprint density at radius 1 is 1.18 bits per heavy atom. The predicted octanol–water partition coefficient (Wildman–Crippen LogP) is 3.53. The van der Waals surface area contributed by atoms with Gasteiger partial charge < -0.3 is 15.2 Å². The fraction of sp³-hybridized carbons (Fsp3) is 0.278. The molecule has 4 heteroatoms. The molecule has 2 atom stereocenters. The van der Waals surface area contributed by atoms with Gasteiger partial charge in [-0.15, -0.1) is 0 Å². The maximum absolute atomic E-state index is 12.2. The lowest BCUT2D eigenvalue weighted by atomic mass is 10.1. The minimum absolute atomic E-state index is 0.0103. The number of phenols is 1. The van der Waals surface area contributed by atoms with Gasteiger partial charge in [-0.1, -0.05) is 12.1 Å². The van der Waals surface area contributed by atoms with Crippen LogP contribution < -0.4 is 10.1 Å². The van der Waals surface area contributed by atoms with Gasteiger partial charge in [0.05, 0.1) is 6.61 Å². The van der Waals surface area contributed by atoms with E-state index in [-0.39, 0.29) is 23.5 Å². The van der Waals surface area contributed by atoms with E-state index in [0.29, 0.717) is 6.61 Å². The molecule has 1 aliphatic carbocycles. The molecule has 2 aromatic carbocycles. The van der Waals surface area contributed by atoms with E-state index in [9.17, 15) is 9.90 Å². The minimum atomic E-state index is 0.0103. The van der Waals surface area contributed by atoms with Gasteiger partial charge in [0.1, 0.15) is 11.5 Å². The van der Waals surface area contributed by atoms with Crippen molar-refractivity contribution in [1.82, 2.24) is 0 Å². The van der Waals surface area contributed by atoms with E-state index in [1.54, 1.807) is 12.1 Å². The summed E-state index contributed by atoms with van der Waals surface area (Å²) in [7, 11) is 0. The van der Waals surface area contributed by atoms with Crippen molar-refractivity contribution < 1.29 is 14.6 Å². The van der Waals surface area contributed by atoms with Gasteiger partial charge in [0.15, 0.2) is 0 Å². The average molecular weight is 297 g/mol. The van der Waals surface area contributed by atoms with Crippen molar-refractivity contribution in [3.8, 4) is 11.5 Å². The van der Waals surface area contributed by atoms with Crippen molar-refractivity contribution >= 4 is 11.6 Å². The maximum atomic E-state index is 12.2. The van der Waals surface area contributed by atoms with Crippen LogP contribution in [0.1, 0.15) is 24.8 Å². The normalized spacial score (nSPS) is 19.5. The van der Waals surface area contributed by atoms with Crippen LogP contribution in [0, 0.1) is 5.92 Å². The summed E-state index contributed by atoms with van der Waals surface area (Å²) in [5.41, 5.74) is 1.88. The van der Waals surface area contributed by atoms with Gasteiger partial charge in [0.25, 0.3) is 0 Å². The largest absolute Gasteiger partial charge is 0.508 e. The topological polar surface area (TPSA) is 58.6 Å². The molecule has 0 aliphatic heterocycles. The monoisotopic (exact) mass is 297 g/mol. The molecule has 1 amide bonds. The predicted molar refractivity (Wildman–Crippen MR) is 85.2 cm³/mol. The molecule has 0 bridgehead atoms. The number of rotatable bonds is 5. The molecular weight excluding hydrogens is 278 g/mol. The first-order chi connectivity index (χ1) is 10.7. The number of amides is 1. The Labute approximate surface area is 129 Å². The van der Waals surface area contributed by atoms with E-state index in [1.807, 2.05) is 43.3 Å². The number of aromatic hydroxyl groups is 1. The summed E-state index contributed by atoms with van der Waals surface area (Å²) in [6.45, 7) is 2.56. The van der Waals surface area contributed by atoms with E-state index >= 15 is 0 Å². The second-order valence-corrected chi connectivity index (χ2v) is 5.49. The number of hydrogen-bond donors (Lipinski definition) is 2. The van der Waals surface area contributed by atoms with Crippen LogP contribution in [0.15, 0.2) is 48.5 Å². The molecule has 2 aromatic rings. The Bertz CT molecular complexity index is 649. The van der Waals surface area contributed by atoms with E-state index in [0.717, 1.165) is 23.4 Å². The third-order valence-corrected chi connectivity index (χ3v) is 3.88. The highest BCUT2D eigenvalue weighted by Gasteiger charge is 2.43. The summed E-state index contributed by atoms with van der Waals surface area (Å²) >= 11 is 0. The average Bonchev–Trinajstić information content (AvgIpc) is 3.31. The molecule has 2 unspecified atom stereocenters. The third-order valence-electron chi connectivity index (χ3n) is 3.88. The Hall–Kier alpha value is -2.49. The molecule has 0 aromatic heterocycles. The summed E-state index contributed by atoms with van der Waals surface area (Å²) in [5, 5.41) is 12.2. The molecule has 1 fully saturated rings. The summed E-state index contributed by atoms with van der Waals surface area (Å²) in [4.78, 5) is 12.2. The van der Waals surface area contributed by atoms with Crippen molar-refractivity contribution in [1.29, 1.82) is 0 Å². The van der Waals surface area contributed by atoms with Crippen LogP contribution in [-0.4, -0.2) is 17.6 Å². The van der Waals surface area contributed by atoms with E-state index in [1.165, 1.54) is 0 Å². The van der Waals surface area contributed by atoms with Gasteiger partial charge in [-0.2, -0.15) is 0 Å². The number of benzene rings is 2. The summed E-state index contributed by atoms with van der Waals surface area (Å²) < 4.78 is 5.38. The number of nitrogens with one attached hydrogen (secondary N) is 1. The Kier molecular flexibility index (Phi) is 4.00. The van der Waals surface area contributed by atoms with Crippen LogP contribution in [0.2, 0.25) is 0 Å². The summed E-state index contributed by atoms with van der Waals surface area (Å²) in [6, 6.07) is 14.5. The second-order valence-electron chi connectivity index (χ2n) is 5.49. The number of carbonyl (C=O) groups is 1. The molecule has 0 heterocycles. The van der Waals surface area contributed by atoms with E-state index in [4.69, 9.17) is 4.74 Å². The number of ether oxygens (including phenoxy) is 1. The molecule has 0 saturated heterocycles. The second kappa shape index (κ2) is 6.10. The summed E-state index contributed by atoms with van der Waals surface area (Å²) in [5.74, 6) is 1.36. The van der Waals surface area contributed by atoms with Crippen LogP contribution >= 0.6 is 0 Å². The van der Waals surface area contributed by atoms with Gasteiger partial charge in [0, 0.05) is 11.6 Å². The SMILES string of the molecule is CCOc1ccc(NC(=O)C2CC2c2ccc(O)cc2)cc1. The molecule has 2 N–H and O–H groups in total. The van der Waals surface area contributed by atoms with Crippen LogP contribution in [0.5, 0.6) is 11.5 Å². The minimum Gasteiger partial charge on any atom is -0.508 e. The lowest BCUT2D eigenvalue weighted by Gasteiger charge is -2.07. The fourth-order valence-electron chi connectivity index (χ4n) is 2.61. The van der Waals surface area contributed by atoms with Crippen LogP contribution in [0.25, 0.3) is 0 Å². The van der Waals surface area contributed by atoms with Gasteiger partial charge in [0.2, 0.25) is 5.91 Å². The Morgan fingerprint density at radius 3 is 2.50 bits per heavy atom. The lowest BCUT2D eigenvalue weighted by molar-refractivity contribution is -0.117. The molecule has 4 nitrogen and oxygen atoms in total. The van der Waals surface area contributed by atoms with Gasteiger partial charge in [-0.25, -0.2) is 0 Å². The standard InChI is InChI=1S/C18H19NO3/c1-2-22-15-9-5-13(6-10-15)19-18(21)17-11-16(17)12-3-7-14(20)8-4-12/h3-10,16-17,20H,2,11H2,1H3,(H,19,21). The van der Waals surface area contributed by atoms with Crippen LogP contribution in [0.3, 0.4) is 0 Å². The maximum Gasteiger partial charge on any atom is 0.228 e. The van der Waals surface area contributed by atoms with Crippen molar-refractivity contribution in [2.45, 2.75) is 19.3 Å². The van der Waals surface area contributed by atoms with Crippen molar-refractivity contribution in [3.05, 3.63) is 54.1 Å². The van der Waals surface area contributed by atoms with E-state index in [2.05, 4.69) is 5.32 Å². The van der Waals surface area contributed by atoms with Gasteiger partial charge in [-0.3, -0.25) is 4.79 Å². The van der Waals surface area contributed by atoms with E-state index < -0.39 is 0 Å². The number of phenolic OH excluding ortho intramolecular Hbond substituents is 1. The highest BCUT2D eigenvalue weighted by atomic mass is 16.5. The van der Waals surface area contributed by atoms with Crippen molar-refractivity contribution in [3.63, 3.8) is 0 Å². The first-order valence-electron chi connectivity index (χ1n) is 7.50. The smallest absolute Gasteiger partial charge is 0.228 e. The zero-order valence-corrected chi connectivity index (χ0v) is 12.5. The van der Waals surface area contributed by atoms with Crippen LogP contribution in [-0.2, 0) is 4.79 Å². The van der Waals surface area contributed by atoms with Gasteiger partial charge >= 0.3 is 0 Å². The van der Waals surface area contributed by atoms with Gasteiger partial charge in [-0.05, 0) is 61.2 Å². The van der Waals surface area contributed by atoms with Crippen molar-refractivity contribution in [2.75, 3.05) is 11.9 Å². The molecule has 0 spiro atoms. The number of carbonyl (C=O) groups excluding carboxylic acids is 1. The fourth-order valence-corrected chi connectivity index (χ4v) is 2.61. The molecule has 3 rings (SSSR count). The zero-order chi connectivity index (χ0) is 15.5. The number of anilines is 1. The summed E-state index contributed by atoms with van der Waals surface area (Å²) in [6.07, 6.45) is 0.855. The first kappa shape index (κ1) is 14.4.